The summed E-state index contributed by atoms with van der Waals surface area (Å²) in [5, 5.41) is 4.00. The van der Waals surface area contributed by atoms with E-state index in [0.29, 0.717) is 18.7 Å². The Balaban J connectivity index is 2.46. The number of carbonyl (C=O) groups is 2. The fraction of sp³-hybridized carbons (Fsp3) is 0.615. The average Bonchev–Trinajstić information content (AvgIpc) is 2.73. The largest absolute Gasteiger partial charge is 0.462 e. The Morgan fingerprint density at radius 1 is 1.37 bits per heavy atom. The molecule has 1 aromatic heterocycles. The molecule has 0 saturated carbocycles. The first-order valence-corrected chi connectivity index (χ1v) is 6.23. The number of aromatic nitrogens is 2. The molecular weight excluding hydrogens is 248 g/mol. The van der Waals surface area contributed by atoms with Crippen LogP contribution in [0.3, 0.4) is 0 Å². The van der Waals surface area contributed by atoms with Gasteiger partial charge in [-0.15, -0.1) is 0 Å². The molecule has 0 aromatic carbocycles. The smallest absolute Gasteiger partial charge is 0.341 e. The van der Waals surface area contributed by atoms with Crippen LogP contribution in [0.4, 0.5) is 0 Å². The molecule has 0 amide bonds. The van der Waals surface area contributed by atoms with E-state index in [9.17, 15) is 9.59 Å². The Morgan fingerprint density at radius 2 is 2.05 bits per heavy atom. The molecule has 1 rings (SSSR count). The van der Waals surface area contributed by atoms with Crippen LogP contribution in [0, 0.1) is 0 Å². The zero-order valence-corrected chi connectivity index (χ0v) is 11.8. The van der Waals surface area contributed by atoms with Gasteiger partial charge < -0.3 is 9.47 Å². The van der Waals surface area contributed by atoms with Gasteiger partial charge in [0.1, 0.15) is 5.60 Å². The van der Waals surface area contributed by atoms with E-state index in [1.54, 1.807) is 13.1 Å². The third kappa shape index (κ3) is 5.54. The number of esters is 2. The zero-order chi connectivity index (χ0) is 14.5. The van der Waals surface area contributed by atoms with Crippen molar-refractivity contribution in [3.63, 3.8) is 0 Å². The molecule has 6 heteroatoms. The summed E-state index contributed by atoms with van der Waals surface area (Å²) >= 11 is 0. The van der Waals surface area contributed by atoms with E-state index in [0.717, 1.165) is 0 Å². The molecule has 1 heterocycles. The summed E-state index contributed by atoms with van der Waals surface area (Å²) in [6.07, 6.45) is 3.19. The monoisotopic (exact) mass is 268 g/mol. The van der Waals surface area contributed by atoms with Gasteiger partial charge in [0.25, 0.3) is 0 Å². The van der Waals surface area contributed by atoms with E-state index in [1.807, 2.05) is 20.8 Å². The summed E-state index contributed by atoms with van der Waals surface area (Å²) in [5.41, 5.74) is -0.108. The van der Waals surface area contributed by atoms with Crippen molar-refractivity contribution < 1.29 is 19.1 Å². The maximum Gasteiger partial charge on any atom is 0.341 e. The first kappa shape index (κ1) is 15.2. The van der Waals surface area contributed by atoms with Gasteiger partial charge in [0, 0.05) is 6.20 Å². The highest BCUT2D eigenvalue weighted by atomic mass is 16.6. The molecule has 0 spiro atoms. The number of rotatable bonds is 5. The number of hydrogen-bond donors (Lipinski definition) is 0. The molecule has 106 valence electrons. The molecule has 0 aliphatic carbocycles. The lowest BCUT2D eigenvalue weighted by molar-refractivity contribution is -0.155. The van der Waals surface area contributed by atoms with Crippen LogP contribution in [0.1, 0.15) is 44.5 Å². The van der Waals surface area contributed by atoms with Gasteiger partial charge in [0.15, 0.2) is 0 Å². The maximum atomic E-state index is 11.5. The van der Waals surface area contributed by atoms with Crippen LogP contribution < -0.4 is 0 Å². The average molecular weight is 268 g/mol. The van der Waals surface area contributed by atoms with Gasteiger partial charge >= 0.3 is 11.9 Å². The highest BCUT2D eigenvalue weighted by molar-refractivity contribution is 5.88. The third-order valence-corrected chi connectivity index (χ3v) is 2.11. The quantitative estimate of drug-likeness (QED) is 0.761. The van der Waals surface area contributed by atoms with Crippen molar-refractivity contribution >= 4 is 11.9 Å². The van der Waals surface area contributed by atoms with Crippen molar-refractivity contribution in [1.29, 1.82) is 0 Å². The molecule has 1 aromatic rings. The van der Waals surface area contributed by atoms with Crippen molar-refractivity contribution in [3.8, 4) is 0 Å². The van der Waals surface area contributed by atoms with Crippen LogP contribution in [0.25, 0.3) is 0 Å². The van der Waals surface area contributed by atoms with Crippen LogP contribution in [0.2, 0.25) is 0 Å². The standard InChI is InChI=1S/C13H20N2O4/c1-5-18-12(17)10-8-14-15(9-10)7-6-11(16)19-13(2,3)4/h8-9H,5-7H2,1-4H3. The second-order valence-electron chi connectivity index (χ2n) is 5.05. The van der Waals surface area contributed by atoms with Crippen LogP contribution >= 0.6 is 0 Å². The second kappa shape index (κ2) is 6.36. The number of hydrogen-bond acceptors (Lipinski definition) is 5. The van der Waals surface area contributed by atoms with Crippen LogP contribution in [-0.2, 0) is 20.8 Å². The molecule has 0 atom stereocenters. The van der Waals surface area contributed by atoms with Crippen LogP contribution in [0.5, 0.6) is 0 Å². The molecule has 0 fully saturated rings. The molecule has 0 saturated heterocycles. The number of aryl methyl sites for hydroxylation is 1. The Hall–Kier alpha value is -1.85. The van der Waals surface area contributed by atoms with E-state index >= 15 is 0 Å². The van der Waals surface area contributed by atoms with Crippen LogP contribution in [-0.4, -0.2) is 33.9 Å². The zero-order valence-electron chi connectivity index (χ0n) is 11.8. The predicted molar refractivity (Wildman–Crippen MR) is 68.6 cm³/mol. The minimum Gasteiger partial charge on any atom is -0.462 e. The first-order chi connectivity index (χ1) is 8.81. The fourth-order valence-corrected chi connectivity index (χ4v) is 1.40. The molecular formula is C13H20N2O4. The van der Waals surface area contributed by atoms with Gasteiger partial charge in [-0.25, -0.2) is 4.79 Å². The maximum absolute atomic E-state index is 11.5. The van der Waals surface area contributed by atoms with Crippen LogP contribution in [0.15, 0.2) is 12.4 Å². The minimum absolute atomic E-state index is 0.210. The predicted octanol–water partition coefficient (Wildman–Crippen LogP) is 1.79. The molecule has 0 unspecified atom stereocenters. The van der Waals surface area contributed by atoms with Gasteiger partial charge in [-0.2, -0.15) is 5.10 Å². The van der Waals surface area contributed by atoms with Gasteiger partial charge in [-0.05, 0) is 27.7 Å². The first-order valence-electron chi connectivity index (χ1n) is 6.23. The number of ether oxygens (including phenoxy) is 2. The SMILES string of the molecule is CCOC(=O)c1cnn(CCC(=O)OC(C)(C)C)c1. The Bertz CT molecular complexity index is 446. The Labute approximate surface area is 112 Å². The molecule has 6 nitrogen and oxygen atoms in total. The normalized spacial score (nSPS) is 11.2. The highest BCUT2D eigenvalue weighted by Crippen LogP contribution is 2.09. The summed E-state index contributed by atoms with van der Waals surface area (Å²) in [4.78, 5) is 22.9. The van der Waals surface area contributed by atoms with E-state index in [1.165, 1.54) is 10.9 Å². The molecule has 0 aliphatic heterocycles. The van der Waals surface area contributed by atoms with Gasteiger partial charge in [-0.3, -0.25) is 9.48 Å². The summed E-state index contributed by atoms with van der Waals surface area (Å²) in [7, 11) is 0. The van der Waals surface area contributed by atoms with Gasteiger partial charge in [0.05, 0.1) is 31.3 Å². The third-order valence-electron chi connectivity index (χ3n) is 2.11. The van der Waals surface area contributed by atoms with Gasteiger partial charge in [-0.1, -0.05) is 0 Å². The lowest BCUT2D eigenvalue weighted by Gasteiger charge is -2.19. The highest BCUT2D eigenvalue weighted by Gasteiger charge is 2.16. The molecule has 0 N–H and O–H groups in total. The summed E-state index contributed by atoms with van der Waals surface area (Å²) in [5.74, 6) is -0.702. The number of carbonyl (C=O) groups excluding carboxylic acids is 2. The lowest BCUT2D eigenvalue weighted by atomic mass is 10.2. The van der Waals surface area contributed by atoms with E-state index in [2.05, 4.69) is 5.10 Å². The Kier molecular flexibility index (Phi) is 5.09. The van der Waals surface area contributed by atoms with Crippen molar-refractivity contribution in [3.05, 3.63) is 18.0 Å². The van der Waals surface area contributed by atoms with E-state index in [-0.39, 0.29) is 12.4 Å². The van der Waals surface area contributed by atoms with E-state index < -0.39 is 11.6 Å². The van der Waals surface area contributed by atoms with Crippen molar-refractivity contribution in [2.45, 2.75) is 46.3 Å². The van der Waals surface area contributed by atoms with Crippen molar-refractivity contribution in [1.82, 2.24) is 9.78 Å². The van der Waals surface area contributed by atoms with Crippen molar-refractivity contribution in [2.24, 2.45) is 0 Å². The lowest BCUT2D eigenvalue weighted by Crippen LogP contribution is -2.24. The molecule has 0 bridgehead atoms. The fourth-order valence-electron chi connectivity index (χ4n) is 1.40. The van der Waals surface area contributed by atoms with E-state index in [4.69, 9.17) is 9.47 Å². The van der Waals surface area contributed by atoms with Crippen molar-refractivity contribution in [2.75, 3.05) is 6.61 Å². The topological polar surface area (TPSA) is 70.4 Å². The molecule has 0 aliphatic rings. The summed E-state index contributed by atoms with van der Waals surface area (Å²) in [6, 6.07) is 0. The second-order valence-corrected chi connectivity index (χ2v) is 5.05. The minimum atomic E-state index is -0.489. The number of nitrogens with zero attached hydrogens (tertiary/aromatic N) is 2. The van der Waals surface area contributed by atoms with Gasteiger partial charge in [0.2, 0.25) is 0 Å². The summed E-state index contributed by atoms with van der Waals surface area (Å²) < 4.78 is 11.6. The summed E-state index contributed by atoms with van der Waals surface area (Å²) in [6.45, 7) is 7.88. The molecule has 0 radical (unpaired) electrons. The Morgan fingerprint density at radius 3 is 2.63 bits per heavy atom. The molecule has 19 heavy (non-hydrogen) atoms.